The second kappa shape index (κ2) is 6.16. The van der Waals surface area contributed by atoms with E-state index in [1.165, 1.54) is 0 Å². The molecule has 0 radical (unpaired) electrons. The van der Waals surface area contributed by atoms with Crippen LogP contribution in [0.5, 0.6) is 0 Å². The molecule has 0 aromatic carbocycles. The second-order valence-electron chi connectivity index (χ2n) is 5.60. The van der Waals surface area contributed by atoms with Crippen molar-refractivity contribution in [3.63, 3.8) is 0 Å². The third-order valence-electron chi connectivity index (χ3n) is 4.21. The number of rotatable bonds is 4. The molecule has 3 atom stereocenters. The van der Waals surface area contributed by atoms with Crippen molar-refractivity contribution < 1.29 is 13.2 Å². The van der Waals surface area contributed by atoms with Gasteiger partial charge in [0.15, 0.2) is 0 Å². The van der Waals surface area contributed by atoms with Crippen LogP contribution in [0, 0.1) is 11.8 Å². The number of aromatic nitrogens is 2. The summed E-state index contributed by atoms with van der Waals surface area (Å²) in [4.78, 5) is 4.32. The first-order chi connectivity index (χ1) is 9.43. The van der Waals surface area contributed by atoms with E-state index in [1.807, 2.05) is 24.7 Å². The molecule has 3 nitrogen and oxygen atoms in total. The Balaban J connectivity index is 2.15. The molecular formula is C14H22F3N3. The highest BCUT2D eigenvalue weighted by atomic mass is 19.4. The number of hydrogen-bond donors (Lipinski definition) is 1. The van der Waals surface area contributed by atoms with Crippen LogP contribution in [0.4, 0.5) is 13.2 Å². The monoisotopic (exact) mass is 289 g/mol. The largest absolute Gasteiger partial charge is 0.391 e. The molecule has 1 aromatic rings. The van der Waals surface area contributed by atoms with Crippen LogP contribution in [-0.4, -0.2) is 22.3 Å². The lowest BCUT2D eigenvalue weighted by molar-refractivity contribution is -0.186. The highest BCUT2D eigenvalue weighted by Gasteiger charge is 2.44. The second-order valence-corrected chi connectivity index (χ2v) is 5.60. The number of nitrogens with zero attached hydrogens (tertiary/aromatic N) is 2. The Kier molecular flexibility index (Phi) is 4.73. The Morgan fingerprint density at radius 1 is 1.45 bits per heavy atom. The summed E-state index contributed by atoms with van der Waals surface area (Å²) in [6.45, 7) is 2.70. The fourth-order valence-corrected chi connectivity index (χ4v) is 3.19. The number of halogens is 3. The zero-order valence-electron chi connectivity index (χ0n) is 12.0. The molecule has 0 aliphatic heterocycles. The average molecular weight is 289 g/mol. The van der Waals surface area contributed by atoms with Gasteiger partial charge in [0.25, 0.3) is 0 Å². The van der Waals surface area contributed by atoms with Crippen molar-refractivity contribution in [2.45, 2.75) is 44.8 Å². The van der Waals surface area contributed by atoms with Crippen molar-refractivity contribution in [3.05, 3.63) is 18.2 Å². The summed E-state index contributed by atoms with van der Waals surface area (Å²) in [6.07, 6.45) is 1.40. The SMILES string of the molecule is CCNC(c1nccn1C)C1CCCC(C(F)(F)F)C1. The number of nitrogens with one attached hydrogen (secondary N) is 1. The maximum absolute atomic E-state index is 12.9. The molecule has 1 N–H and O–H groups in total. The van der Waals surface area contributed by atoms with Gasteiger partial charge in [0.1, 0.15) is 5.82 Å². The summed E-state index contributed by atoms with van der Waals surface area (Å²) in [5.41, 5.74) is 0. The fourth-order valence-electron chi connectivity index (χ4n) is 3.19. The van der Waals surface area contributed by atoms with Crippen molar-refractivity contribution in [1.82, 2.24) is 14.9 Å². The Morgan fingerprint density at radius 2 is 2.20 bits per heavy atom. The van der Waals surface area contributed by atoms with Crippen molar-refractivity contribution >= 4 is 0 Å². The summed E-state index contributed by atoms with van der Waals surface area (Å²) in [5, 5.41) is 3.32. The molecule has 1 saturated carbocycles. The molecule has 20 heavy (non-hydrogen) atoms. The Morgan fingerprint density at radius 3 is 2.75 bits per heavy atom. The minimum absolute atomic E-state index is 0.00331. The lowest BCUT2D eigenvalue weighted by Crippen LogP contribution is -2.36. The van der Waals surface area contributed by atoms with Crippen LogP contribution >= 0.6 is 0 Å². The van der Waals surface area contributed by atoms with Gasteiger partial charge in [-0.1, -0.05) is 13.3 Å². The first-order valence-corrected chi connectivity index (χ1v) is 7.20. The number of aryl methyl sites for hydroxylation is 1. The van der Waals surface area contributed by atoms with E-state index in [0.29, 0.717) is 6.42 Å². The van der Waals surface area contributed by atoms with Crippen LogP contribution < -0.4 is 5.32 Å². The highest BCUT2D eigenvalue weighted by molar-refractivity contribution is 5.02. The lowest BCUT2D eigenvalue weighted by atomic mass is 9.77. The van der Waals surface area contributed by atoms with Crippen molar-refractivity contribution in [1.29, 1.82) is 0 Å². The van der Waals surface area contributed by atoms with Crippen molar-refractivity contribution in [3.8, 4) is 0 Å². The summed E-state index contributed by atoms with van der Waals surface area (Å²) >= 11 is 0. The van der Waals surface area contributed by atoms with Crippen LogP contribution in [0.1, 0.15) is 44.5 Å². The average Bonchev–Trinajstić information content (AvgIpc) is 2.81. The maximum Gasteiger partial charge on any atom is 0.391 e. The van der Waals surface area contributed by atoms with E-state index in [1.54, 1.807) is 6.20 Å². The van der Waals surface area contributed by atoms with E-state index >= 15 is 0 Å². The number of hydrogen-bond acceptors (Lipinski definition) is 2. The van der Waals surface area contributed by atoms with Crippen LogP contribution in [0.15, 0.2) is 12.4 Å². The molecule has 1 heterocycles. The molecule has 6 heteroatoms. The van der Waals surface area contributed by atoms with Gasteiger partial charge in [-0.15, -0.1) is 0 Å². The Hall–Kier alpha value is -1.04. The van der Waals surface area contributed by atoms with E-state index < -0.39 is 12.1 Å². The number of alkyl halides is 3. The standard InChI is InChI=1S/C14H22F3N3/c1-3-18-12(13-19-7-8-20(13)2)10-5-4-6-11(9-10)14(15,16)17/h7-8,10-12,18H,3-6,9H2,1-2H3. The van der Waals surface area contributed by atoms with Gasteiger partial charge in [-0.3, -0.25) is 0 Å². The van der Waals surface area contributed by atoms with Crippen LogP contribution in [0.3, 0.4) is 0 Å². The molecule has 1 aliphatic carbocycles. The van der Waals surface area contributed by atoms with Gasteiger partial charge in [0.2, 0.25) is 0 Å². The van der Waals surface area contributed by atoms with Gasteiger partial charge in [-0.25, -0.2) is 4.98 Å². The molecule has 1 fully saturated rings. The van der Waals surface area contributed by atoms with E-state index in [0.717, 1.165) is 18.8 Å². The third kappa shape index (κ3) is 3.34. The third-order valence-corrected chi connectivity index (χ3v) is 4.21. The highest BCUT2D eigenvalue weighted by Crippen LogP contribution is 2.43. The molecule has 0 spiro atoms. The summed E-state index contributed by atoms with van der Waals surface area (Å²) in [7, 11) is 1.89. The van der Waals surface area contributed by atoms with E-state index in [2.05, 4.69) is 10.3 Å². The smallest absolute Gasteiger partial charge is 0.337 e. The van der Waals surface area contributed by atoms with Gasteiger partial charge in [0, 0.05) is 19.4 Å². The van der Waals surface area contributed by atoms with Crippen LogP contribution in [0.2, 0.25) is 0 Å². The van der Waals surface area contributed by atoms with E-state index in [-0.39, 0.29) is 24.8 Å². The van der Waals surface area contributed by atoms with Gasteiger partial charge in [-0.05, 0) is 31.7 Å². The zero-order valence-corrected chi connectivity index (χ0v) is 12.0. The molecule has 0 saturated heterocycles. The quantitative estimate of drug-likeness (QED) is 0.920. The molecule has 1 aliphatic rings. The topological polar surface area (TPSA) is 29.9 Å². The summed E-state index contributed by atoms with van der Waals surface area (Å²) in [5.74, 6) is -0.334. The van der Waals surface area contributed by atoms with Crippen LogP contribution in [0.25, 0.3) is 0 Å². The predicted octanol–water partition coefficient (Wildman–Crippen LogP) is 3.44. The van der Waals surface area contributed by atoms with E-state index in [9.17, 15) is 13.2 Å². The first kappa shape index (κ1) is 15.4. The predicted molar refractivity (Wildman–Crippen MR) is 71.1 cm³/mol. The van der Waals surface area contributed by atoms with Crippen molar-refractivity contribution in [2.75, 3.05) is 6.54 Å². The molecule has 0 amide bonds. The molecule has 114 valence electrons. The van der Waals surface area contributed by atoms with Gasteiger partial charge in [0.05, 0.1) is 12.0 Å². The zero-order chi connectivity index (χ0) is 14.8. The molecule has 1 aromatic heterocycles. The molecular weight excluding hydrogens is 267 g/mol. The number of imidazole rings is 1. The molecule has 2 rings (SSSR count). The Labute approximate surface area is 117 Å². The minimum Gasteiger partial charge on any atom is -0.337 e. The summed E-state index contributed by atoms with van der Waals surface area (Å²) < 4.78 is 40.7. The maximum atomic E-state index is 12.9. The summed E-state index contributed by atoms with van der Waals surface area (Å²) in [6, 6.07) is -0.0925. The molecule has 0 bridgehead atoms. The van der Waals surface area contributed by atoms with Gasteiger partial charge in [-0.2, -0.15) is 13.2 Å². The Bertz CT molecular complexity index is 428. The van der Waals surface area contributed by atoms with Gasteiger partial charge < -0.3 is 9.88 Å². The van der Waals surface area contributed by atoms with E-state index in [4.69, 9.17) is 0 Å². The lowest BCUT2D eigenvalue weighted by Gasteiger charge is -2.35. The normalized spacial score (nSPS) is 25.6. The first-order valence-electron chi connectivity index (χ1n) is 7.20. The minimum atomic E-state index is -4.07. The molecule has 3 unspecified atom stereocenters. The van der Waals surface area contributed by atoms with Gasteiger partial charge >= 0.3 is 6.18 Å². The van der Waals surface area contributed by atoms with Crippen molar-refractivity contribution in [2.24, 2.45) is 18.9 Å². The fraction of sp³-hybridized carbons (Fsp3) is 0.786. The van der Waals surface area contributed by atoms with Crippen LogP contribution in [-0.2, 0) is 7.05 Å².